The Hall–Kier alpha value is -2.88. The SMILES string of the molecule is CNC(=O)c1ccc(Nc2ncc(Br)c(N[C@@H]3CCCC[C@H]3NC(C)=O)n2)c(OC)c1. The molecule has 31 heavy (non-hydrogen) atoms. The number of anilines is 3. The van der Waals surface area contributed by atoms with Gasteiger partial charge in [0, 0.05) is 37.8 Å². The summed E-state index contributed by atoms with van der Waals surface area (Å²) in [6.07, 6.45) is 5.72. The lowest BCUT2D eigenvalue weighted by atomic mass is 9.90. The van der Waals surface area contributed by atoms with Crippen LogP contribution in [0.25, 0.3) is 0 Å². The van der Waals surface area contributed by atoms with Crippen LogP contribution in [0.5, 0.6) is 5.75 Å². The summed E-state index contributed by atoms with van der Waals surface area (Å²) >= 11 is 3.50. The fraction of sp³-hybridized carbons (Fsp3) is 0.429. The minimum atomic E-state index is -0.197. The molecule has 10 heteroatoms. The van der Waals surface area contributed by atoms with Crippen LogP contribution in [0.2, 0.25) is 0 Å². The monoisotopic (exact) mass is 490 g/mol. The van der Waals surface area contributed by atoms with Crippen LogP contribution in [0.1, 0.15) is 43.0 Å². The Bertz CT molecular complexity index is 955. The molecule has 0 spiro atoms. The lowest BCUT2D eigenvalue weighted by molar-refractivity contribution is -0.119. The number of carbonyl (C=O) groups is 2. The fourth-order valence-electron chi connectivity index (χ4n) is 3.64. The molecule has 4 N–H and O–H groups in total. The van der Waals surface area contributed by atoms with Gasteiger partial charge >= 0.3 is 0 Å². The second-order valence-corrected chi connectivity index (χ2v) is 8.21. The van der Waals surface area contributed by atoms with Crippen molar-refractivity contribution in [3.05, 3.63) is 34.4 Å². The van der Waals surface area contributed by atoms with Gasteiger partial charge in [0.15, 0.2) is 0 Å². The lowest BCUT2D eigenvalue weighted by Gasteiger charge is -2.33. The van der Waals surface area contributed by atoms with Gasteiger partial charge in [-0.25, -0.2) is 4.98 Å². The van der Waals surface area contributed by atoms with Gasteiger partial charge in [0.1, 0.15) is 11.6 Å². The van der Waals surface area contributed by atoms with Crippen LogP contribution in [0, 0.1) is 0 Å². The summed E-state index contributed by atoms with van der Waals surface area (Å²) in [6, 6.07) is 5.23. The quantitative estimate of drug-likeness (QED) is 0.470. The number of hydrogen-bond donors (Lipinski definition) is 4. The molecule has 2 aromatic rings. The number of carbonyl (C=O) groups excluding carboxylic acids is 2. The molecule has 1 aliphatic carbocycles. The van der Waals surface area contributed by atoms with Crippen molar-refractivity contribution in [1.82, 2.24) is 20.6 Å². The van der Waals surface area contributed by atoms with E-state index in [1.54, 1.807) is 31.4 Å². The van der Waals surface area contributed by atoms with E-state index in [1.165, 1.54) is 14.0 Å². The van der Waals surface area contributed by atoms with Crippen LogP contribution in [-0.2, 0) is 4.79 Å². The molecule has 0 unspecified atom stereocenters. The zero-order valence-electron chi connectivity index (χ0n) is 17.8. The van der Waals surface area contributed by atoms with Crippen LogP contribution in [0.15, 0.2) is 28.9 Å². The first-order chi connectivity index (χ1) is 14.9. The summed E-state index contributed by atoms with van der Waals surface area (Å²) in [7, 11) is 3.11. The van der Waals surface area contributed by atoms with E-state index in [4.69, 9.17) is 4.74 Å². The molecular formula is C21H27BrN6O3. The fourth-order valence-corrected chi connectivity index (χ4v) is 3.95. The van der Waals surface area contributed by atoms with Gasteiger partial charge in [-0.15, -0.1) is 0 Å². The van der Waals surface area contributed by atoms with Gasteiger partial charge in [-0.05, 0) is 47.0 Å². The molecule has 3 rings (SSSR count). The minimum absolute atomic E-state index is 0.0323. The van der Waals surface area contributed by atoms with Crippen LogP contribution >= 0.6 is 15.9 Å². The van der Waals surface area contributed by atoms with E-state index >= 15 is 0 Å². The summed E-state index contributed by atoms with van der Waals surface area (Å²) in [5, 5.41) is 12.2. The Morgan fingerprint density at radius 3 is 2.61 bits per heavy atom. The third kappa shape index (κ3) is 5.84. The van der Waals surface area contributed by atoms with Gasteiger partial charge in [0.25, 0.3) is 5.91 Å². The van der Waals surface area contributed by atoms with Crippen molar-refractivity contribution in [1.29, 1.82) is 0 Å². The molecule has 2 amide bonds. The Kier molecular flexibility index (Phi) is 7.67. The highest BCUT2D eigenvalue weighted by Gasteiger charge is 2.26. The van der Waals surface area contributed by atoms with Crippen molar-refractivity contribution >= 4 is 45.2 Å². The van der Waals surface area contributed by atoms with Gasteiger partial charge in [-0.2, -0.15) is 4.98 Å². The van der Waals surface area contributed by atoms with Gasteiger partial charge in [-0.3, -0.25) is 9.59 Å². The molecule has 1 aliphatic rings. The van der Waals surface area contributed by atoms with E-state index in [-0.39, 0.29) is 23.9 Å². The van der Waals surface area contributed by atoms with E-state index in [9.17, 15) is 9.59 Å². The van der Waals surface area contributed by atoms with Crippen molar-refractivity contribution in [2.75, 3.05) is 24.8 Å². The molecule has 0 saturated heterocycles. The number of aromatic nitrogens is 2. The molecule has 2 atom stereocenters. The van der Waals surface area contributed by atoms with E-state index < -0.39 is 0 Å². The number of halogens is 1. The largest absolute Gasteiger partial charge is 0.495 e. The predicted octanol–water partition coefficient (Wildman–Crippen LogP) is 3.21. The van der Waals surface area contributed by atoms with Crippen LogP contribution in [0.4, 0.5) is 17.5 Å². The van der Waals surface area contributed by atoms with Crippen molar-refractivity contribution < 1.29 is 14.3 Å². The number of methoxy groups -OCH3 is 1. The van der Waals surface area contributed by atoms with Gasteiger partial charge in [0.2, 0.25) is 11.9 Å². The first kappa shape index (κ1) is 22.8. The average molecular weight is 491 g/mol. The number of amides is 2. The summed E-state index contributed by atoms with van der Waals surface area (Å²) in [5.41, 5.74) is 1.13. The third-order valence-corrected chi connectivity index (χ3v) is 5.74. The third-order valence-electron chi connectivity index (χ3n) is 5.16. The highest BCUT2D eigenvalue weighted by molar-refractivity contribution is 9.10. The number of benzene rings is 1. The molecule has 1 aromatic heterocycles. The van der Waals surface area contributed by atoms with Gasteiger partial charge in [-0.1, -0.05) is 12.8 Å². The predicted molar refractivity (Wildman–Crippen MR) is 123 cm³/mol. The van der Waals surface area contributed by atoms with Crippen molar-refractivity contribution in [3.8, 4) is 5.75 Å². The lowest BCUT2D eigenvalue weighted by Crippen LogP contribution is -2.48. The van der Waals surface area contributed by atoms with E-state index in [0.717, 1.165) is 30.2 Å². The number of rotatable bonds is 7. The Morgan fingerprint density at radius 1 is 1.19 bits per heavy atom. The second kappa shape index (κ2) is 10.4. The molecule has 1 aromatic carbocycles. The van der Waals surface area contributed by atoms with E-state index in [1.807, 2.05) is 0 Å². The zero-order chi connectivity index (χ0) is 22.4. The smallest absolute Gasteiger partial charge is 0.251 e. The first-order valence-electron chi connectivity index (χ1n) is 10.1. The van der Waals surface area contributed by atoms with Crippen molar-refractivity contribution in [2.24, 2.45) is 0 Å². The molecule has 1 saturated carbocycles. The number of nitrogens with one attached hydrogen (secondary N) is 4. The number of nitrogens with zero attached hydrogens (tertiary/aromatic N) is 2. The first-order valence-corrected chi connectivity index (χ1v) is 10.9. The summed E-state index contributed by atoms with van der Waals surface area (Å²) in [6.45, 7) is 1.54. The standard InChI is InChI=1S/C21H27BrN6O3/c1-12(29)25-15-6-4-5-7-16(15)26-19-14(22)11-24-21(28-19)27-17-9-8-13(20(30)23-2)10-18(17)31-3/h8-11,15-16H,4-7H2,1-3H3,(H,23,30)(H,25,29)(H2,24,26,27,28)/t15-,16-/m1/s1. The second-order valence-electron chi connectivity index (χ2n) is 7.35. The van der Waals surface area contributed by atoms with Crippen LogP contribution in [-0.4, -0.2) is 48.0 Å². The molecule has 166 valence electrons. The summed E-state index contributed by atoms with van der Waals surface area (Å²) < 4.78 is 6.15. The Morgan fingerprint density at radius 2 is 1.94 bits per heavy atom. The van der Waals surface area contributed by atoms with Crippen molar-refractivity contribution in [3.63, 3.8) is 0 Å². The maximum atomic E-state index is 11.9. The Balaban J connectivity index is 1.79. The molecule has 1 heterocycles. The normalized spacial score (nSPS) is 18.1. The zero-order valence-corrected chi connectivity index (χ0v) is 19.4. The topological polar surface area (TPSA) is 117 Å². The Labute approximate surface area is 189 Å². The highest BCUT2D eigenvalue weighted by atomic mass is 79.9. The number of hydrogen-bond acceptors (Lipinski definition) is 7. The van der Waals surface area contributed by atoms with Gasteiger partial charge in [0.05, 0.1) is 17.3 Å². The molecule has 0 bridgehead atoms. The summed E-state index contributed by atoms with van der Waals surface area (Å²) in [4.78, 5) is 32.4. The van der Waals surface area contributed by atoms with Crippen LogP contribution < -0.4 is 26.0 Å². The van der Waals surface area contributed by atoms with Crippen LogP contribution in [0.3, 0.4) is 0 Å². The molecule has 0 radical (unpaired) electrons. The molecule has 0 aliphatic heterocycles. The maximum Gasteiger partial charge on any atom is 0.251 e. The summed E-state index contributed by atoms with van der Waals surface area (Å²) in [5.74, 6) is 1.29. The van der Waals surface area contributed by atoms with E-state index in [2.05, 4.69) is 47.2 Å². The number of ether oxygens (including phenoxy) is 1. The van der Waals surface area contributed by atoms with E-state index in [0.29, 0.717) is 28.8 Å². The highest BCUT2D eigenvalue weighted by Crippen LogP contribution is 2.30. The van der Waals surface area contributed by atoms with Gasteiger partial charge < -0.3 is 26.0 Å². The molecular weight excluding hydrogens is 464 g/mol. The molecule has 9 nitrogen and oxygen atoms in total. The minimum Gasteiger partial charge on any atom is -0.495 e. The average Bonchev–Trinajstić information content (AvgIpc) is 2.76. The van der Waals surface area contributed by atoms with Crippen molar-refractivity contribution in [2.45, 2.75) is 44.7 Å². The molecule has 1 fully saturated rings. The maximum absolute atomic E-state index is 11.9.